The largest absolute Gasteiger partial charge is 0.461 e. The standard InChI is InChI=1S/C18H22N2O2/c21-18(20-15-7-4-12-19-13-15)11-9-16-8-10-17(22-16)14-5-2-1-3-6-14/h1-3,5-6,8,10,15,19H,4,7,9,11-13H2,(H,20,21)/t15-/m0/s1. The minimum atomic E-state index is 0.103. The van der Waals surface area contributed by atoms with E-state index >= 15 is 0 Å². The van der Waals surface area contributed by atoms with Crippen LogP contribution in [-0.2, 0) is 11.2 Å². The molecule has 1 aliphatic rings. The Labute approximate surface area is 130 Å². The molecule has 1 aliphatic heterocycles. The Balaban J connectivity index is 1.49. The lowest BCUT2D eigenvalue weighted by atomic mass is 10.1. The van der Waals surface area contributed by atoms with Crippen LogP contribution >= 0.6 is 0 Å². The number of furan rings is 1. The first-order chi connectivity index (χ1) is 10.8. The molecule has 0 aliphatic carbocycles. The van der Waals surface area contributed by atoms with Gasteiger partial charge in [-0.3, -0.25) is 4.79 Å². The summed E-state index contributed by atoms with van der Waals surface area (Å²) in [5, 5.41) is 6.39. The van der Waals surface area contributed by atoms with E-state index in [9.17, 15) is 4.79 Å². The van der Waals surface area contributed by atoms with E-state index in [2.05, 4.69) is 10.6 Å². The highest BCUT2D eigenvalue weighted by atomic mass is 16.3. The first-order valence-corrected chi connectivity index (χ1v) is 7.95. The molecular weight excluding hydrogens is 276 g/mol. The SMILES string of the molecule is O=C(CCc1ccc(-c2ccccc2)o1)N[C@H]1CCCNC1. The normalized spacial score (nSPS) is 18.1. The van der Waals surface area contributed by atoms with Gasteiger partial charge >= 0.3 is 0 Å². The molecule has 0 spiro atoms. The predicted molar refractivity (Wildman–Crippen MR) is 86.5 cm³/mol. The summed E-state index contributed by atoms with van der Waals surface area (Å²) < 4.78 is 5.82. The molecule has 4 heteroatoms. The van der Waals surface area contributed by atoms with Crippen LogP contribution in [0.1, 0.15) is 25.0 Å². The number of amides is 1. The van der Waals surface area contributed by atoms with Crippen molar-refractivity contribution in [1.29, 1.82) is 0 Å². The summed E-state index contributed by atoms with van der Waals surface area (Å²) in [4.78, 5) is 12.0. The van der Waals surface area contributed by atoms with Gasteiger partial charge in [0.05, 0.1) is 0 Å². The average Bonchev–Trinajstić information content (AvgIpc) is 3.04. The fourth-order valence-electron chi connectivity index (χ4n) is 2.78. The van der Waals surface area contributed by atoms with Crippen LogP contribution in [0.15, 0.2) is 46.9 Å². The number of carbonyl (C=O) groups excluding carboxylic acids is 1. The minimum Gasteiger partial charge on any atom is -0.461 e. The molecule has 1 saturated heterocycles. The lowest BCUT2D eigenvalue weighted by Gasteiger charge is -2.23. The van der Waals surface area contributed by atoms with Crippen molar-refractivity contribution in [3.63, 3.8) is 0 Å². The molecule has 2 heterocycles. The quantitative estimate of drug-likeness (QED) is 0.892. The lowest BCUT2D eigenvalue weighted by Crippen LogP contribution is -2.45. The molecule has 1 aromatic heterocycles. The molecule has 116 valence electrons. The van der Waals surface area contributed by atoms with E-state index in [-0.39, 0.29) is 11.9 Å². The second-order valence-corrected chi connectivity index (χ2v) is 5.74. The molecule has 1 fully saturated rings. The van der Waals surface area contributed by atoms with Gasteiger partial charge < -0.3 is 15.1 Å². The molecular formula is C18H22N2O2. The number of benzene rings is 1. The summed E-state index contributed by atoms with van der Waals surface area (Å²) in [5.41, 5.74) is 1.06. The Morgan fingerprint density at radius 2 is 2.09 bits per heavy atom. The molecule has 1 aromatic carbocycles. The summed E-state index contributed by atoms with van der Waals surface area (Å²) in [5.74, 6) is 1.81. The van der Waals surface area contributed by atoms with Crippen molar-refractivity contribution in [3.05, 3.63) is 48.2 Å². The van der Waals surface area contributed by atoms with Crippen LogP contribution in [0, 0.1) is 0 Å². The van der Waals surface area contributed by atoms with E-state index in [0.717, 1.165) is 43.0 Å². The smallest absolute Gasteiger partial charge is 0.220 e. The summed E-state index contributed by atoms with van der Waals surface area (Å²) in [7, 11) is 0. The molecule has 3 rings (SSSR count). The van der Waals surface area contributed by atoms with Crippen molar-refractivity contribution in [3.8, 4) is 11.3 Å². The molecule has 22 heavy (non-hydrogen) atoms. The lowest BCUT2D eigenvalue weighted by molar-refractivity contribution is -0.121. The fraction of sp³-hybridized carbons (Fsp3) is 0.389. The third kappa shape index (κ3) is 3.98. The molecule has 0 unspecified atom stereocenters. The van der Waals surface area contributed by atoms with E-state index < -0.39 is 0 Å². The van der Waals surface area contributed by atoms with Crippen LogP contribution in [0.2, 0.25) is 0 Å². The van der Waals surface area contributed by atoms with Gasteiger partial charge in [0.25, 0.3) is 0 Å². The van der Waals surface area contributed by atoms with Gasteiger partial charge in [-0.25, -0.2) is 0 Å². The monoisotopic (exact) mass is 298 g/mol. The van der Waals surface area contributed by atoms with Crippen molar-refractivity contribution < 1.29 is 9.21 Å². The second-order valence-electron chi connectivity index (χ2n) is 5.74. The Kier molecular flexibility index (Phi) is 4.91. The van der Waals surface area contributed by atoms with Crippen LogP contribution in [-0.4, -0.2) is 25.0 Å². The molecule has 2 N–H and O–H groups in total. The van der Waals surface area contributed by atoms with E-state index in [4.69, 9.17) is 4.42 Å². The molecule has 1 amide bonds. The van der Waals surface area contributed by atoms with Gasteiger partial charge in [-0.15, -0.1) is 0 Å². The summed E-state index contributed by atoms with van der Waals surface area (Å²) >= 11 is 0. The minimum absolute atomic E-state index is 0.103. The zero-order valence-corrected chi connectivity index (χ0v) is 12.7. The van der Waals surface area contributed by atoms with Gasteiger partial charge in [0.2, 0.25) is 5.91 Å². The van der Waals surface area contributed by atoms with Gasteiger partial charge in [-0.05, 0) is 31.5 Å². The number of nitrogens with one attached hydrogen (secondary N) is 2. The molecule has 0 bridgehead atoms. The Morgan fingerprint density at radius 1 is 1.23 bits per heavy atom. The zero-order valence-electron chi connectivity index (χ0n) is 12.7. The molecule has 4 nitrogen and oxygen atoms in total. The topological polar surface area (TPSA) is 54.3 Å². The zero-order chi connectivity index (χ0) is 15.2. The average molecular weight is 298 g/mol. The van der Waals surface area contributed by atoms with Crippen molar-refractivity contribution in [2.75, 3.05) is 13.1 Å². The maximum atomic E-state index is 12.0. The van der Waals surface area contributed by atoms with Crippen molar-refractivity contribution in [2.24, 2.45) is 0 Å². The highest BCUT2D eigenvalue weighted by molar-refractivity contribution is 5.76. The van der Waals surface area contributed by atoms with Crippen molar-refractivity contribution >= 4 is 5.91 Å². The number of hydrogen-bond donors (Lipinski definition) is 2. The van der Waals surface area contributed by atoms with E-state index in [1.165, 1.54) is 0 Å². The predicted octanol–water partition coefficient (Wildman–Crippen LogP) is 2.75. The van der Waals surface area contributed by atoms with Crippen molar-refractivity contribution in [2.45, 2.75) is 31.7 Å². The van der Waals surface area contributed by atoms with E-state index in [0.29, 0.717) is 12.8 Å². The second kappa shape index (κ2) is 7.27. The number of hydrogen-bond acceptors (Lipinski definition) is 3. The summed E-state index contributed by atoms with van der Waals surface area (Å²) in [6.45, 7) is 1.94. The van der Waals surface area contributed by atoms with Gasteiger partial charge in [-0.1, -0.05) is 30.3 Å². The maximum absolute atomic E-state index is 12.0. The number of aryl methyl sites for hydroxylation is 1. The first-order valence-electron chi connectivity index (χ1n) is 7.95. The fourth-order valence-corrected chi connectivity index (χ4v) is 2.78. The molecule has 1 atom stereocenters. The third-order valence-electron chi connectivity index (χ3n) is 3.98. The molecule has 0 radical (unpaired) electrons. The Morgan fingerprint density at radius 3 is 2.86 bits per heavy atom. The summed E-state index contributed by atoms with van der Waals surface area (Å²) in [6.07, 6.45) is 3.30. The maximum Gasteiger partial charge on any atom is 0.220 e. The van der Waals surface area contributed by atoms with Crippen molar-refractivity contribution in [1.82, 2.24) is 10.6 Å². The third-order valence-corrected chi connectivity index (χ3v) is 3.98. The number of rotatable bonds is 5. The summed E-state index contributed by atoms with van der Waals surface area (Å²) in [6, 6.07) is 14.2. The molecule has 0 saturated carbocycles. The highest BCUT2D eigenvalue weighted by Crippen LogP contribution is 2.22. The van der Waals surface area contributed by atoms with Gasteiger partial charge in [0, 0.05) is 31.0 Å². The number of carbonyl (C=O) groups is 1. The number of piperidine rings is 1. The van der Waals surface area contributed by atoms with Gasteiger partial charge in [0.15, 0.2) is 0 Å². The van der Waals surface area contributed by atoms with Crippen LogP contribution in [0.5, 0.6) is 0 Å². The van der Waals surface area contributed by atoms with Crippen LogP contribution < -0.4 is 10.6 Å². The van der Waals surface area contributed by atoms with Crippen LogP contribution in [0.3, 0.4) is 0 Å². The van der Waals surface area contributed by atoms with Gasteiger partial charge in [0.1, 0.15) is 11.5 Å². The van der Waals surface area contributed by atoms with E-state index in [1.807, 2.05) is 42.5 Å². The molecule has 2 aromatic rings. The van der Waals surface area contributed by atoms with E-state index in [1.54, 1.807) is 0 Å². The Hall–Kier alpha value is -2.07. The van der Waals surface area contributed by atoms with Crippen LogP contribution in [0.25, 0.3) is 11.3 Å². The van der Waals surface area contributed by atoms with Crippen LogP contribution in [0.4, 0.5) is 0 Å². The highest BCUT2D eigenvalue weighted by Gasteiger charge is 2.15. The van der Waals surface area contributed by atoms with Gasteiger partial charge in [-0.2, -0.15) is 0 Å². The Bertz CT molecular complexity index is 601. The first kappa shape index (κ1) is 14.9.